The lowest BCUT2D eigenvalue weighted by Gasteiger charge is -2.07. The van der Waals surface area contributed by atoms with Crippen LogP contribution in [0, 0.1) is 0 Å². The lowest BCUT2D eigenvalue weighted by Crippen LogP contribution is -2.14. The largest absolute Gasteiger partial charge is 0.481 e. The van der Waals surface area contributed by atoms with Gasteiger partial charge < -0.3 is 5.11 Å². The van der Waals surface area contributed by atoms with Crippen molar-refractivity contribution in [3.63, 3.8) is 0 Å². The highest BCUT2D eigenvalue weighted by atomic mass is 127. The number of alkyl halides is 2. The van der Waals surface area contributed by atoms with Gasteiger partial charge in [-0.2, -0.15) is 0 Å². The third-order valence-electron chi connectivity index (χ3n) is 0.686. The summed E-state index contributed by atoms with van der Waals surface area (Å²) in [5.41, 5.74) is 0. The van der Waals surface area contributed by atoms with Gasteiger partial charge in [0.05, 0.1) is 6.42 Å². The number of rotatable bonds is 3. The van der Waals surface area contributed by atoms with Crippen LogP contribution in [0.2, 0.25) is 0 Å². The predicted molar refractivity (Wildman–Crippen MR) is 40.3 cm³/mol. The second-order valence-electron chi connectivity index (χ2n) is 1.54. The normalized spacial score (nSPS) is 16.2. The zero-order valence-electron chi connectivity index (χ0n) is 4.60. The van der Waals surface area contributed by atoms with Crippen LogP contribution in [-0.2, 0) is 4.79 Å². The summed E-state index contributed by atoms with van der Waals surface area (Å²) in [6.07, 6.45) is 0.443. The van der Waals surface area contributed by atoms with E-state index in [0.717, 1.165) is 6.08 Å². The van der Waals surface area contributed by atoms with Crippen molar-refractivity contribution in [3.05, 3.63) is 12.7 Å². The van der Waals surface area contributed by atoms with E-state index in [1.165, 1.54) is 22.6 Å². The van der Waals surface area contributed by atoms with E-state index in [4.69, 9.17) is 5.11 Å². The molecular formula is C5H6FIO2. The minimum Gasteiger partial charge on any atom is -0.481 e. The van der Waals surface area contributed by atoms with Gasteiger partial charge in [-0.3, -0.25) is 4.79 Å². The van der Waals surface area contributed by atoms with E-state index >= 15 is 0 Å². The zero-order valence-corrected chi connectivity index (χ0v) is 6.76. The molecule has 0 saturated heterocycles. The van der Waals surface area contributed by atoms with Crippen molar-refractivity contribution in [3.8, 4) is 0 Å². The topological polar surface area (TPSA) is 37.3 Å². The molecule has 52 valence electrons. The quantitative estimate of drug-likeness (QED) is 0.466. The van der Waals surface area contributed by atoms with E-state index in [2.05, 4.69) is 6.58 Å². The molecule has 9 heavy (non-hydrogen) atoms. The minimum atomic E-state index is -1.80. The van der Waals surface area contributed by atoms with Gasteiger partial charge in [0.1, 0.15) is 0 Å². The number of aliphatic carboxylic acids is 1. The van der Waals surface area contributed by atoms with E-state index < -0.39 is 16.1 Å². The number of halogens is 2. The Hall–Kier alpha value is -0.130. The van der Waals surface area contributed by atoms with Crippen LogP contribution in [0.15, 0.2) is 12.7 Å². The highest BCUT2D eigenvalue weighted by molar-refractivity contribution is 14.1. The van der Waals surface area contributed by atoms with Gasteiger partial charge in [-0.1, -0.05) is 6.58 Å². The first-order chi connectivity index (χ1) is 3.98. The molecule has 1 N–H and O–H groups in total. The monoisotopic (exact) mass is 244 g/mol. The highest BCUT2D eigenvalue weighted by Crippen LogP contribution is 2.25. The third-order valence-corrected chi connectivity index (χ3v) is 1.51. The Morgan fingerprint density at radius 2 is 2.44 bits per heavy atom. The first-order valence-corrected chi connectivity index (χ1v) is 3.29. The summed E-state index contributed by atoms with van der Waals surface area (Å²) in [6, 6.07) is 0. The summed E-state index contributed by atoms with van der Waals surface area (Å²) >= 11 is 1.39. The first kappa shape index (κ1) is 8.87. The van der Waals surface area contributed by atoms with Crippen LogP contribution in [0.5, 0.6) is 0 Å². The summed E-state index contributed by atoms with van der Waals surface area (Å²) in [4.78, 5) is 9.88. The van der Waals surface area contributed by atoms with Gasteiger partial charge in [0.2, 0.25) is 0 Å². The van der Waals surface area contributed by atoms with Gasteiger partial charge in [0, 0.05) is 0 Å². The Kier molecular flexibility index (Phi) is 3.10. The van der Waals surface area contributed by atoms with Gasteiger partial charge in [-0.05, 0) is 28.7 Å². The molecule has 0 unspecified atom stereocenters. The van der Waals surface area contributed by atoms with Crippen LogP contribution in [-0.4, -0.2) is 14.8 Å². The molecule has 0 heterocycles. The average Bonchev–Trinajstić information content (AvgIpc) is 1.63. The Labute approximate surface area is 65.9 Å². The summed E-state index contributed by atoms with van der Waals surface area (Å²) in [7, 11) is 0. The van der Waals surface area contributed by atoms with E-state index in [9.17, 15) is 9.18 Å². The van der Waals surface area contributed by atoms with Crippen molar-refractivity contribution >= 4 is 28.6 Å². The summed E-state index contributed by atoms with van der Waals surface area (Å²) in [5, 5.41) is 8.09. The number of carboxylic acids is 1. The van der Waals surface area contributed by atoms with Crippen LogP contribution in [0.1, 0.15) is 6.42 Å². The molecule has 0 rings (SSSR count). The molecular weight excluding hydrogens is 238 g/mol. The fourth-order valence-corrected chi connectivity index (χ4v) is 0.600. The van der Waals surface area contributed by atoms with E-state index in [1.54, 1.807) is 0 Å². The molecule has 0 aromatic carbocycles. The molecule has 1 atom stereocenters. The molecule has 2 nitrogen and oxygen atoms in total. The van der Waals surface area contributed by atoms with Crippen molar-refractivity contribution in [1.82, 2.24) is 0 Å². The first-order valence-electron chi connectivity index (χ1n) is 2.21. The predicted octanol–water partition coefficient (Wildman–Crippen LogP) is 1.75. The molecule has 0 aliphatic rings. The maximum Gasteiger partial charge on any atom is 0.307 e. The fourth-order valence-electron chi connectivity index (χ4n) is 0.274. The minimum absolute atomic E-state index is 0.531. The molecule has 0 aromatic rings. The Balaban J connectivity index is 3.86. The van der Waals surface area contributed by atoms with Gasteiger partial charge in [-0.25, -0.2) is 4.39 Å². The highest BCUT2D eigenvalue weighted by Gasteiger charge is 2.24. The molecule has 0 saturated carbocycles. The van der Waals surface area contributed by atoms with Crippen LogP contribution in [0.25, 0.3) is 0 Å². The maximum atomic E-state index is 12.6. The van der Waals surface area contributed by atoms with Gasteiger partial charge in [0.15, 0.2) is 3.68 Å². The smallest absolute Gasteiger partial charge is 0.307 e. The number of allylic oxidation sites excluding steroid dienone is 1. The molecule has 0 spiro atoms. The number of hydrogen-bond acceptors (Lipinski definition) is 1. The van der Waals surface area contributed by atoms with Crippen LogP contribution < -0.4 is 0 Å². The van der Waals surface area contributed by atoms with E-state index in [-0.39, 0.29) is 0 Å². The van der Waals surface area contributed by atoms with E-state index in [1.807, 2.05) is 0 Å². The average molecular weight is 244 g/mol. The number of carbonyl (C=O) groups is 1. The SMILES string of the molecule is C=C[C@@](F)(I)CC(=O)O. The standard InChI is InChI=1S/C5H6FIO2/c1-2-5(6,7)3-4(8)9/h2H,1,3H2,(H,8,9)/t5-/m1/s1. The zero-order chi connectivity index (χ0) is 7.49. The van der Waals surface area contributed by atoms with Crippen molar-refractivity contribution in [2.45, 2.75) is 10.1 Å². The van der Waals surface area contributed by atoms with Crippen LogP contribution in [0.4, 0.5) is 4.39 Å². The van der Waals surface area contributed by atoms with Crippen LogP contribution in [0.3, 0.4) is 0 Å². The van der Waals surface area contributed by atoms with E-state index in [0.29, 0.717) is 0 Å². The Morgan fingerprint density at radius 1 is 2.00 bits per heavy atom. The van der Waals surface area contributed by atoms with Crippen LogP contribution >= 0.6 is 22.6 Å². The molecule has 0 aliphatic heterocycles. The number of hydrogen-bond donors (Lipinski definition) is 1. The second kappa shape index (κ2) is 3.14. The lowest BCUT2D eigenvalue weighted by atomic mass is 10.3. The molecule has 0 radical (unpaired) electrons. The molecule has 4 heteroatoms. The summed E-state index contributed by atoms with van der Waals surface area (Å²) in [6.45, 7) is 3.14. The fraction of sp³-hybridized carbons (Fsp3) is 0.400. The molecule has 0 aromatic heterocycles. The Morgan fingerprint density at radius 3 is 2.56 bits per heavy atom. The lowest BCUT2D eigenvalue weighted by molar-refractivity contribution is -0.138. The van der Waals surface area contributed by atoms with Crippen molar-refractivity contribution < 1.29 is 14.3 Å². The van der Waals surface area contributed by atoms with Gasteiger partial charge >= 0.3 is 5.97 Å². The molecule has 0 bridgehead atoms. The second-order valence-corrected chi connectivity index (χ2v) is 3.33. The molecule has 0 amide bonds. The summed E-state index contributed by atoms with van der Waals surface area (Å²) < 4.78 is 10.8. The third kappa shape index (κ3) is 4.38. The van der Waals surface area contributed by atoms with Crippen molar-refractivity contribution in [2.24, 2.45) is 0 Å². The van der Waals surface area contributed by atoms with Crippen molar-refractivity contribution in [2.75, 3.05) is 0 Å². The van der Waals surface area contributed by atoms with Gasteiger partial charge in [0.25, 0.3) is 0 Å². The van der Waals surface area contributed by atoms with Crippen molar-refractivity contribution in [1.29, 1.82) is 0 Å². The Bertz CT molecular complexity index is 133. The molecule has 0 aliphatic carbocycles. The maximum absolute atomic E-state index is 12.6. The van der Waals surface area contributed by atoms with Gasteiger partial charge in [-0.15, -0.1) is 0 Å². The molecule has 0 fully saturated rings. The summed E-state index contributed by atoms with van der Waals surface area (Å²) in [5.74, 6) is -1.16. The number of carboxylic acid groups (broad SMARTS) is 1.